The Bertz CT molecular complexity index is 549. The maximum Gasteiger partial charge on any atom is 0.140 e. The molecule has 2 aromatic carbocycles. The third kappa shape index (κ3) is 3.47. The van der Waals surface area contributed by atoms with Crippen molar-refractivity contribution in [2.45, 2.75) is 46.5 Å². The highest BCUT2D eigenvalue weighted by atomic mass is 15.3. The van der Waals surface area contributed by atoms with E-state index in [1.54, 1.807) is 0 Å². The van der Waals surface area contributed by atoms with E-state index in [0.29, 0.717) is 0 Å². The van der Waals surface area contributed by atoms with E-state index in [1.165, 1.54) is 61.8 Å². The summed E-state index contributed by atoms with van der Waals surface area (Å²) in [6.07, 6.45) is 5.37. The summed E-state index contributed by atoms with van der Waals surface area (Å²) in [7, 11) is 0. The second-order valence-electron chi connectivity index (χ2n) is 6.06. The number of rotatable bonds is 8. The quantitative estimate of drug-likeness (QED) is 0.426. The molecule has 0 aliphatic rings. The van der Waals surface area contributed by atoms with Gasteiger partial charge in [0.2, 0.25) is 0 Å². The Morgan fingerprint density at radius 3 is 2.19 bits per heavy atom. The fraction of sp³-hybridized carbons (Fsp3) is 0.500. The molecule has 0 spiro atoms. The second kappa shape index (κ2) is 7.61. The molecule has 0 fully saturated rings. The van der Waals surface area contributed by atoms with Crippen LogP contribution in [-0.2, 0) is 0 Å². The Kier molecular flexibility index (Phi) is 5.81. The molecular formula is C20H30N+. The van der Waals surface area contributed by atoms with Crippen LogP contribution < -0.4 is 4.48 Å². The molecule has 0 atom stereocenters. The van der Waals surface area contributed by atoms with E-state index in [2.05, 4.69) is 63.2 Å². The van der Waals surface area contributed by atoms with E-state index in [-0.39, 0.29) is 0 Å². The molecule has 2 aromatic rings. The Balaban J connectivity index is 2.35. The maximum absolute atomic E-state index is 2.34. The van der Waals surface area contributed by atoms with Crippen LogP contribution in [-0.4, -0.2) is 19.6 Å². The van der Waals surface area contributed by atoms with Crippen LogP contribution in [0.15, 0.2) is 42.5 Å². The lowest BCUT2D eigenvalue weighted by Gasteiger charge is -2.37. The largest absolute Gasteiger partial charge is 0.291 e. The van der Waals surface area contributed by atoms with Gasteiger partial charge in [-0.25, -0.2) is 0 Å². The first kappa shape index (κ1) is 16.0. The van der Waals surface area contributed by atoms with Gasteiger partial charge < -0.3 is 0 Å². The number of hydrogen-bond donors (Lipinski definition) is 0. The van der Waals surface area contributed by atoms with Crippen molar-refractivity contribution >= 4 is 16.5 Å². The SMILES string of the molecule is CCCCCC[N+](CC)(CC)c1cccc2ccccc12. The summed E-state index contributed by atoms with van der Waals surface area (Å²) in [5, 5.41) is 2.80. The Morgan fingerprint density at radius 2 is 1.48 bits per heavy atom. The molecule has 0 amide bonds. The number of quaternary nitrogens is 1. The summed E-state index contributed by atoms with van der Waals surface area (Å²) < 4.78 is 1.12. The minimum atomic E-state index is 1.12. The van der Waals surface area contributed by atoms with Gasteiger partial charge >= 0.3 is 0 Å². The van der Waals surface area contributed by atoms with Crippen LogP contribution in [0.4, 0.5) is 5.69 Å². The number of benzene rings is 2. The third-order valence-electron chi connectivity index (χ3n) is 4.93. The summed E-state index contributed by atoms with van der Waals surface area (Å²) in [4.78, 5) is 0. The van der Waals surface area contributed by atoms with Crippen LogP contribution in [0, 0.1) is 0 Å². The van der Waals surface area contributed by atoms with Crippen molar-refractivity contribution < 1.29 is 0 Å². The van der Waals surface area contributed by atoms with Gasteiger partial charge in [0.1, 0.15) is 5.69 Å². The molecule has 0 aromatic heterocycles. The van der Waals surface area contributed by atoms with Gasteiger partial charge in [-0.3, -0.25) is 4.48 Å². The summed E-state index contributed by atoms with van der Waals surface area (Å²) in [5.41, 5.74) is 1.51. The first-order chi connectivity index (χ1) is 10.3. The lowest BCUT2D eigenvalue weighted by atomic mass is 10.0. The van der Waals surface area contributed by atoms with Crippen LogP contribution >= 0.6 is 0 Å². The van der Waals surface area contributed by atoms with E-state index >= 15 is 0 Å². The Hall–Kier alpha value is -1.34. The monoisotopic (exact) mass is 284 g/mol. The summed E-state index contributed by atoms with van der Waals surface area (Å²) in [5.74, 6) is 0. The van der Waals surface area contributed by atoms with Gasteiger partial charge in [-0.2, -0.15) is 0 Å². The normalized spacial score (nSPS) is 12.0. The Morgan fingerprint density at radius 1 is 0.762 bits per heavy atom. The van der Waals surface area contributed by atoms with Crippen molar-refractivity contribution in [1.29, 1.82) is 0 Å². The van der Waals surface area contributed by atoms with E-state index in [0.717, 1.165) is 4.48 Å². The first-order valence-electron chi connectivity index (χ1n) is 8.61. The van der Waals surface area contributed by atoms with Crippen molar-refractivity contribution in [3.05, 3.63) is 42.5 Å². The van der Waals surface area contributed by atoms with Gasteiger partial charge in [-0.05, 0) is 44.2 Å². The molecule has 2 rings (SSSR count). The molecule has 1 heteroatoms. The van der Waals surface area contributed by atoms with Crippen LogP contribution in [0.2, 0.25) is 0 Å². The topological polar surface area (TPSA) is 0 Å². The van der Waals surface area contributed by atoms with Crippen LogP contribution in [0.5, 0.6) is 0 Å². The zero-order chi connectivity index (χ0) is 15.1. The van der Waals surface area contributed by atoms with Crippen molar-refractivity contribution in [3.8, 4) is 0 Å². The zero-order valence-electron chi connectivity index (χ0n) is 13.9. The van der Waals surface area contributed by atoms with E-state index in [9.17, 15) is 0 Å². The van der Waals surface area contributed by atoms with E-state index in [4.69, 9.17) is 0 Å². The Labute approximate surface area is 130 Å². The zero-order valence-corrected chi connectivity index (χ0v) is 13.9. The number of fused-ring (bicyclic) bond motifs is 1. The standard InChI is InChI=1S/C20H30N/c1-4-7-8-11-17-21(5-2,6-3)20-16-12-14-18-13-9-10-15-19(18)20/h9-10,12-16H,4-8,11,17H2,1-3H3/q+1. The molecule has 0 unspecified atom stereocenters. The highest BCUT2D eigenvalue weighted by molar-refractivity contribution is 5.93. The lowest BCUT2D eigenvalue weighted by Crippen LogP contribution is -2.49. The molecule has 0 aliphatic heterocycles. The minimum absolute atomic E-state index is 1.12. The fourth-order valence-corrected chi connectivity index (χ4v) is 3.46. The molecule has 1 nitrogen and oxygen atoms in total. The molecule has 0 N–H and O–H groups in total. The minimum Gasteiger partial charge on any atom is -0.291 e. The molecule has 0 heterocycles. The van der Waals surface area contributed by atoms with Crippen molar-refractivity contribution in [3.63, 3.8) is 0 Å². The number of unbranched alkanes of at least 4 members (excludes halogenated alkanes) is 3. The number of nitrogens with zero attached hydrogens (tertiary/aromatic N) is 1. The molecule has 0 saturated heterocycles. The van der Waals surface area contributed by atoms with Crippen LogP contribution in [0.1, 0.15) is 46.5 Å². The van der Waals surface area contributed by atoms with Gasteiger partial charge in [0.05, 0.1) is 19.6 Å². The predicted octanol–water partition coefficient (Wildman–Crippen LogP) is 5.77. The summed E-state index contributed by atoms with van der Waals surface area (Å²) in [6.45, 7) is 10.6. The van der Waals surface area contributed by atoms with Gasteiger partial charge in [-0.1, -0.05) is 50.1 Å². The molecule has 0 bridgehead atoms. The smallest absolute Gasteiger partial charge is 0.140 e. The van der Waals surface area contributed by atoms with Gasteiger partial charge in [0, 0.05) is 5.39 Å². The van der Waals surface area contributed by atoms with Gasteiger partial charge in [-0.15, -0.1) is 0 Å². The molecular weight excluding hydrogens is 254 g/mol. The van der Waals surface area contributed by atoms with Crippen molar-refractivity contribution in [2.24, 2.45) is 0 Å². The third-order valence-corrected chi connectivity index (χ3v) is 4.93. The van der Waals surface area contributed by atoms with Crippen molar-refractivity contribution in [1.82, 2.24) is 4.48 Å². The number of hydrogen-bond acceptors (Lipinski definition) is 0. The second-order valence-corrected chi connectivity index (χ2v) is 6.06. The van der Waals surface area contributed by atoms with Gasteiger partial charge in [0.25, 0.3) is 0 Å². The fourth-order valence-electron chi connectivity index (χ4n) is 3.46. The van der Waals surface area contributed by atoms with E-state index < -0.39 is 0 Å². The summed E-state index contributed by atoms with van der Waals surface area (Å²) in [6, 6.07) is 15.6. The molecule has 0 saturated carbocycles. The molecule has 0 radical (unpaired) electrons. The van der Waals surface area contributed by atoms with Crippen molar-refractivity contribution in [2.75, 3.05) is 19.6 Å². The molecule has 21 heavy (non-hydrogen) atoms. The predicted molar refractivity (Wildman–Crippen MR) is 95.8 cm³/mol. The average Bonchev–Trinajstić information content (AvgIpc) is 2.55. The lowest BCUT2D eigenvalue weighted by molar-refractivity contribution is 0.294. The first-order valence-corrected chi connectivity index (χ1v) is 8.61. The molecule has 0 aliphatic carbocycles. The molecule has 114 valence electrons. The average molecular weight is 284 g/mol. The highest BCUT2D eigenvalue weighted by Gasteiger charge is 2.27. The highest BCUT2D eigenvalue weighted by Crippen LogP contribution is 2.32. The summed E-state index contributed by atoms with van der Waals surface area (Å²) >= 11 is 0. The van der Waals surface area contributed by atoms with E-state index in [1.807, 2.05) is 0 Å². The van der Waals surface area contributed by atoms with Crippen LogP contribution in [0.3, 0.4) is 0 Å². The van der Waals surface area contributed by atoms with Crippen LogP contribution in [0.25, 0.3) is 10.8 Å². The maximum atomic E-state index is 2.34. The van der Waals surface area contributed by atoms with Gasteiger partial charge in [0.15, 0.2) is 0 Å².